The molecule has 0 saturated carbocycles. The molecule has 0 spiro atoms. The molecule has 0 aliphatic carbocycles. The first-order chi connectivity index (χ1) is 13.3. The lowest BCUT2D eigenvalue weighted by molar-refractivity contribution is -0.137. The lowest BCUT2D eigenvalue weighted by atomic mass is 10.0. The van der Waals surface area contributed by atoms with Gasteiger partial charge < -0.3 is 4.74 Å². The van der Waals surface area contributed by atoms with E-state index in [-0.39, 0.29) is 16.9 Å². The summed E-state index contributed by atoms with van der Waals surface area (Å²) in [4.78, 5) is 4.19. The van der Waals surface area contributed by atoms with Crippen LogP contribution in [0.2, 0.25) is 5.28 Å². The largest absolute Gasteiger partial charge is 0.437 e. The molecule has 4 rings (SSSR count). The number of hydrogen-bond acceptors (Lipinski definition) is 5. The number of rotatable bonds is 3. The van der Waals surface area contributed by atoms with Gasteiger partial charge in [-0.1, -0.05) is 6.07 Å². The lowest BCUT2D eigenvalue weighted by Crippen LogP contribution is -2.06. The maximum Gasteiger partial charge on any atom is 0.416 e. The molecule has 3 heterocycles. The highest BCUT2D eigenvalue weighted by Gasteiger charge is 2.31. The third kappa shape index (κ3) is 3.36. The minimum Gasteiger partial charge on any atom is -0.437 e. The van der Waals surface area contributed by atoms with E-state index in [1.54, 1.807) is 31.3 Å². The van der Waals surface area contributed by atoms with E-state index in [9.17, 15) is 13.2 Å². The second-order valence-corrected chi connectivity index (χ2v) is 6.20. The maximum absolute atomic E-state index is 13.2. The van der Waals surface area contributed by atoms with E-state index in [2.05, 4.69) is 20.3 Å². The summed E-state index contributed by atoms with van der Waals surface area (Å²) in [6.07, 6.45) is -2.91. The van der Waals surface area contributed by atoms with Gasteiger partial charge in [-0.2, -0.15) is 17.7 Å². The van der Waals surface area contributed by atoms with Crippen LogP contribution in [-0.2, 0) is 6.18 Å². The predicted molar refractivity (Wildman–Crippen MR) is 95.3 cm³/mol. The van der Waals surface area contributed by atoms with E-state index in [4.69, 9.17) is 16.3 Å². The molecule has 0 bridgehead atoms. The summed E-state index contributed by atoms with van der Waals surface area (Å²) in [7, 11) is 0. The van der Waals surface area contributed by atoms with Gasteiger partial charge in [0.25, 0.3) is 0 Å². The number of halogens is 4. The van der Waals surface area contributed by atoms with Crippen LogP contribution in [0.4, 0.5) is 13.2 Å². The molecule has 4 aromatic rings. The number of aryl methyl sites for hydroxylation is 1. The third-order valence-corrected chi connectivity index (χ3v) is 4.26. The molecule has 0 saturated heterocycles. The van der Waals surface area contributed by atoms with Crippen molar-refractivity contribution in [2.24, 2.45) is 0 Å². The normalized spacial score (nSPS) is 11.8. The van der Waals surface area contributed by atoms with Crippen LogP contribution in [0.5, 0.6) is 11.6 Å². The Morgan fingerprint density at radius 2 is 1.86 bits per heavy atom. The molecular weight excluding hydrogens is 395 g/mol. The van der Waals surface area contributed by atoms with Crippen molar-refractivity contribution < 1.29 is 17.9 Å². The molecule has 0 fully saturated rings. The Hall–Kier alpha value is -3.20. The molecule has 142 valence electrons. The Bertz CT molecular complexity index is 1180. The van der Waals surface area contributed by atoms with Crippen molar-refractivity contribution in [3.05, 3.63) is 65.2 Å². The van der Waals surface area contributed by atoms with Crippen LogP contribution in [0.3, 0.4) is 0 Å². The van der Waals surface area contributed by atoms with Crippen molar-refractivity contribution in [2.75, 3.05) is 0 Å². The van der Waals surface area contributed by atoms with Crippen molar-refractivity contribution in [1.82, 2.24) is 24.8 Å². The molecule has 0 aliphatic heterocycles. The molecule has 0 N–H and O–H groups in total. The first-order valence-electron chi connectivity index (χ1n) is 8.02. The highest BCUT2D eigenvalue weighted by molar-refractivity contribution is 6.28. The van der Waals surface area contributed by atoms with Crippen LogP contribution in [0, 0.1) is 6.92 Å². The minimum absolute atomic E-state index is 0.00724. The molecule has 28 heavy (non-hydrogen) atoms. The third-order valence-electron chi connectivity index (χ3n) is 4.02. The van der Waals surface area contributed by atoms with Gasteiger partial charge in [-0.05, 0) is 48.9 Å². The average Bonchev–Trinajstić information content (AvgIpc) is 3.02. The first-order valence-corrected chi connectivity index (χ1v) is 8.40. The van der Waals surface area contributed by atoms with Crippen LogP contribution in [0.1, 0.15) is 11.3 Å². The highest BCUT2D eigenvalue weighted by Crippen LogP contribution is 2.39. The number of nitrogens with zero attached hydrogens (tertiary/aromatic N) is 5. The number of ether oxygens (including phenoxy) is 1. The molecule has 10 heteroatoms. The summed E-state index contributed by atoms with van der Waals surface area (Å²) in [5.41, 5.74) is 1.29. The summed E-state index contributed by atoms with van der Waals surface area (Å²) < 4.78 is 46.6. The fourth-order valence-corrected chi connectivity index (χ4v) is 2.85. The Morgan fingerprint density at radius 3 is 2.61 bits per heavy atom. The van der Waals surface area contributed by atoms with Crippen LogP contribution < -0.4 is 4.74 Å². The number of hydrogen-bond donors (Lipinski definition) is 0. The Kier molecular flexibility index (Phi) is 4.38. The minimum atomic E-state index is -4.52. The molecule has 0 atom stereocenters. The molecule has 0 aliphatic rings. The zero-order chi connectivity index (χ0) is 19.9. The van der Waals surface area contributed by atoms with E-state index < -0.39 is 11.7 Å². The maximum atomic E-state index is 13.2. The number of fused-ring (bicyclic) bond motifs is 1. The van der Waals surface area contributed by atoms with Gasteiger partial charge in [0.2, 0.25) is 11.2 Å². The van der Waals surface area contributed by atoms with E-state index in [1.165, 1.54) is 16.6 Å². The van der Waals surface area contributed by atoms with Crippen LogP contribution in [0.15, 0.2) is 48.7 Å². The molecular formula is C18H11ClF3N5O. The van der Waals surface area contributed by atoms with Gasteiger partial charge in [0.1, 0.15) is 5.75 Å². The van der Waals surface area contributed by atoms with Gasteiger partial charge in [-0.15, -0.1) is 15.3 Å². The van der Waals surface area contributed by atoms with E-state index in [0.717, 1.165) is 12.1 Å². The fraction of sp³-hybridized carbons (Fsp3) is 0.111. The Balaban J connectivity index is 1.84. The monoisotopic (exact) mass is 405 g/mol. The highest BCUT2D eigenvalue weighted by atomic mass is 35.5. The SMILES string of the molecule is Cc1ncccc1-c1ccc(C(F)(F)F)cc1Oc1ccc2nnc(Cl)n2n1. The summed E-state index contributed by atoms with van der Waals surface area (Å²) in [5, 5.41) is 11.6. The molecule has 1 aromatic carbocycles. The second kappa shape index (κ2) is 6.75. The second-order valence-electron chi connectivity index (χ2n) is 5.86. The first kappa shape index (κ1) is 18.2. The van der Waals surface area contributed by atoms with Gasteiger partial charge in [0.05, 0.1) is 5.56 Å². The van der Waals surface area contributed by atoms with E-state index in [1.807, 2.05) is 0 Å². The molecule has 0 radical (unpaired) electrons. The number of pyridine rings is 1. The van der Waals surface area contributed by atoms with Gasteiger partial charge >= 0.3 is 6.18 Å². The molecule has 0 amide bonds. The van der Waals surface area contributed by atoms with Gasteiger partial charge in [0, 0.05) is 29.1 Å². The van der Waals surface area contributed by atoms with Crippen molar-refractivity contribution in [3.63, 3.8) is 0 Å². The summed E-state index contributed by atoms with van der Waals surface area (Å²) in [5.74, 6) is 0.0262. The van der Waals surface area contributed by atoms with Crippen molar-refractivity contribution in [2.45, 2.75) is 13.1 Å². The van der Waals surface area contributed by atoms with Gasteiger partial charge in [-0.25, -0.2) is 0 Å². The van der Waals surface area contributed by atoms with Crippen LogP contribution in [0.25, 0.3) is 16.8 Å². The van der Waals surface area contributed by atoms with Crippen LogP contribution >= 0.6 is 11.6 Å². The summed E-state index contributed by atoms with van der Waals surface area (Å²) in [6, 6.07) is 9.76. The molecule has 6 nitrogen and oxygen atoms in total. The smallest absolute Gasteiger partial charge is 0.416 e. The quantitative estimate of drug-likeness (QED) is 0.482. The van der Waals surface area contributed by atoms with Gasteiger partial charge in [-0.3, -0.25) is 4.98 Å². The van der Waals surface area contributed by atoms with Crippen molar-refractivity contribution in [1.29, 1.82) is 0 Å². The van der Waals surface area contributed by atoms with Crippen molar-refractivity contribution in [3.8, 4) is 22.8 Å². The summed E-state index contributed by atoms with van der Waals surface area (Å²) in [6.45, 7) is 1.76. The van der Waals surface area contributed by atoms with Crippen LogP contribution in [-0.4, -0.2) is 24.8 Å². The molecule has 0 unspecified atom stereocenters. The topological polar surface area (TPSA) is 65.2 Å². The van der Waals surface area contributed by atoms with E-state index >= 15 is 0 Å². The number of alkyl halides is 3. The Morgan fingerprint density at radius 1 is 1.04 bits per heavy atom. The average molecular weight is 406 g/mol. The lowest BCUT2D eigenvalue weighted by Gasteiger charge is -2.15. The zero-order valence-corrected chi connectivity index (χ0v) is 15.0. The predicted octanol–water partition coefficient (Wildman–Crippen LogP) is 4.96. The van der Waals surface area contributed by atoms with Gasteiger partial charge in [0.15, 0.2) is 5.65 Å². The summed E-state index contributed by atoms with van der Waals surface area (Å²) >= 11 is 5.89. The fourth-order valence-electron chi connectivity index (χ4n) is 2.69. The Labute approximate surface area is 161 Å². The van der Waals surface area contributed by atoms with Crippen molar-refractivity contribution >= 4 is 17.2 Å². The number of aromatic nitrogens is 5. The molecule has 3 aromatic heterocycles. The standard InChI is InChI=1S/C18H11ClF3N5O/c1-10-12(3-2-8-23-10)13-5-4-11(18(20,21)22)9-14(13)28-16-7-6-15-24-25-17(19)27(15)26-16/h2-9H,1H3. The number of benzene rings is 1. The zero-order valence-electron chi connectivity index (χ0n) is 14.3. The van der Waals surface area contributed by atoms with E-state index in [0.29, 0.717) is 22.5 Å².